The molecule has 0 unspecified atom stereocenters. The highest BCUT2D eigenvalue weighted by Gasteiger charge is 2.15. The van der Waals surface area contributed by atoms with Crippen LogP contribution in [0.1, 0.15) is 34.6 Å². The number of hydrogen-bond acceptors (Lipinski definition) is 3. The van der Waals surface area contributed by atoms with E-state index >= 15 is 0 Å². The first-order valence-electron chi connectivity index (χ1n) is 7.86. The molecule has 0 fully saturated rings. The maximum absolute atomic E-state index is 11.0. The van der Waals surface area contributed by atoms with Crippen molar-refractivity contribution in [1.82, 2.24) is 9.97 Å². The van der Waals surface area contributed by atoms with Crippen molar-refractivity contribution in [3.05, 3.63) is 84.8 Å². The highest BCUT2D eigenvalue weighted by atomic mass is 16.1. The number of nitrogens with zero attached hydrogens (tertiary/aromatic N) is 2. The Kier molecular flexibility index (Phi) is 4.62. The zero-order valence-electron chi connectivity index (χ0n) is 13.4. The number of aldehydes is 1. The van der Waals surface area contributed by atoms with Gasteiger partial charge in [-0.05, 0) is 36.6 Å². The molecule has 3 rings (SSSR count). The molecule has 0 radical (unpaired) electrons. The smallest absolute Gasteiger partial charge is 0.150 e. The van der Waals surface area contributed by atoms with Crippen molar-refractivity contribution < 1.29 is 4.79 Å². The van der Waals surface area contributed by atoms with E-state index in [2.05, 4.69) is 31.4 Å². The first-order valence-corrected chi connectivity index (χ1v) is 7.86. The molecule has 0 aliphatic heterocycles. The van der Waals surface area contributed by atoms with Gasteiger partial charge in [0.25, 0.3) is 0 Å². The lowest BCUT2D eigenvalue weighted by atomic mass is 9.98. The van der Waals surface area contributed by atoms with Crippen molar-refractivity contribution in [2.45, 2.75) is 12.8 Å². The lowest BCUT2D eigenvalue weighted by Crippen LogP contribution is -2.02. The SMILES string of the molecule is C=C/C=C(\C=C)c1nc2ccc(C=O)cc2nc1C1=CCCC=C1. The summed E-state index contributed by atoms with van der Waals surface area (Å²) >= 11 is 0. The number of fused-ring (bicyclic) bond motifs is 1. The number of rotatable bonds is 5. The number of allylic oxidation sites excluding steroid dienone is 8. The molecule has 0 spiro atoms. The van der Waals surface area contributed by atoms with E-state index in [-0.39, 0.29) is 0 Å². The van der Waals surface area contributed by atoms with Crippen LogP contribution in [-0.2, 0) is 0 Å². The van der Waals surface area contributed by atoms with Gasteiger partial charge in [0.05, 0.1) is 22.4 Å². The van der Waals surface area contributed by atoms with Crippen LogP contribution in [0.5, 0.6) is 0 Å². The van der Waals surface area contributed by atoms with Gasteiger partial charge in [0.15, 0.2) is 0 Å². The zero-order chi connectivity index (χ0) is 16.9. The molecule has 118 valence electrons. The molecule has 1 heterocycles. The molecule has 3 heteroatoms. The summed E-state index contributed by atoms with van der Waals surface area (Å²) in [6.07, 6.45) is 14.6. The van der Waals surface area contributed by atoms with Gasteiger partial charge in [0.1, 0.15) is 6.29 Å². The second-order valence-corrected chi connectivity index (χ2v) is 5.49. The van der Waals surface area contributed by atoms with E-state index in [9.17, 15) is 4.79 Å². The third-order valence-corrected chi connectivity index (χ3v) is 3.88. The molecule has 3 nitrogen and oxygen atoms in total. The van der Waals surface area contributed by atoms with Crippen LogP contribution < -0.4 is 0 Å². The van der Waals surface area contributed by atoms with Crippen LogP contribution in [-0.4, -0.2) is 16.3 Å². The summed E-state index contributed by atoms with van der Waals surface area (Å²) < 4.78 is 0. The van der Waals surface area contributed by atoms with Crippen LogP contribution >= 0.6 is 0 Å². The van der Waals surface area contributed by atoms with Crippen molar-refractivity contribution in [3.63, 3.8) is 0 Å². The molecule has 1 aromatic heterocycles. The summed E-state index contributed by atoms with van der Waals surface area (Å²) in [6.45, 7) is 7.64. The van der Waals surface area contributed by atoms with Crippen LogP contribution in [0, 0.1) is 0 Å². The van der Waals surface area contributed by atoms with E-state index in [1.807, 2.05) is 12.1 Å². The topological polar surface area (TPSA) is 42.9 Å². The number of carbonyl (C=O) groups is 1. The van der Waals surface area contributed by atoms with Gasteiger partial charge in [-0.25, -0.2) is 9.97 Å². The maximum Gasteiger partial charge on any atom is 0.150 e. The minimum atomic E-state index is 0.592. The molecule has 0 saturated heterocycles. The Labute approximate surface area is 141 Å². The van der Waals surface area contributed by atoms with Gasteiger partial charge in [0.2, 0.25) is 0 Å². The Morgan fingerprint density at radius 3 is 2.67 bits per heavy atom. The monoisotopic (exact) mass is 314 g/mol. The highest BCUT2D eigenvalue weighted by Crippen LogP contribution is 2.29. The number of aromatic nitrogens is 2. The van der Waals surface area contributed by atoms with Gasteiger partial charge in [0, 0.05) is 11.1 Å². The standard InChI is InChI=1S/C21H18N2O/c1-3-8-16(4-2)20-21(17-9-6-5-7-10-17)23-19-13-15(14-24)11-12-18(19)22-20/h3-4,6,8-14H,1-2,5,7H2/b16-8+. The van der Waals surface area contributed by atoms with Gasteiger partial charge in [-0.3, -0.25) is 4.79 Å². The van der Waals surface area contributed by atoms with Gasteiger partial charge in [-0.1, -0.05) is 49.6 Å². The summed E-state index contributed by atoms with van der Waals surface area (Å²) in [5.41, 5.74) is 5.53. The largest absolute Gasteiger partial charge is 0.298 e. The second kappa shape index (κ2) is 7.01. The summed E-state index contributed by atoms with van der Waals surface area (Å²) in [5.74, 6) is 0. The molecule has 24 heavy (non-hydrogen) atoms. The molecular formula is C21H18N2O. The van der Waals surface area contributed by atoms with Crippen LogP contribution in [0.4, 0.5) is 0 Å². The lowest BCUT2D eigenvalue weighted by Gasteiger charge is -2.13. The van der Waals surface area contributed by atoms with Crippen molar-refractivity contribution in [2.75, 3.05) is 0 Å². The molecule has 1 aliphatic rings. The molecule has 1 aliphatic carbocycles. The Hall–Kier alpha value is -3.07. The zero-order valence-corrected chi connectivity index (χ0v) is 13.4. The van der Waals surface area contributed by atoms with Gasteiger partial charge in [-0.2, -0.15) is 0 Å². The van der Waals surface area contributed by atoms with Crippen molar-refractivity contribution in [1.29, 1.82) is 0 Å². The third-order valence-electron chi connectivity index (χ3n) is 3.88. The number of carbonyl (C=O) groups excluding carboxylic acids is 1. The van der Waals surface area contributed by atoms with Crippen LogP contribution in [0.2, 0.25) is 0 Å². The van der Waals surface area contributed by atoms with Crippen LogP contribution in [0.15, 0.2) is 67.8 Å². The number of benzene rings is 1. The third kappa shape index (κ3) is 3.01. The first kappa shape index (κ1) is 15.8. The second-order valence-electron chi connectivity index (χ2n) is 5.49. The fourth-order valence-corrected chi connectivity index (χ4v) is 2.71. The summed E-state index contributed by atoms with van der Waals surface area (Å²) in [7, 11) is 0. The highest BCUT2D eigenvalue weighted by molar-refractivity contribution is 5.90. The Bertz CT molecular complexity index is 917. The molecule has 0 N–H and O–H groups in total. The average molecular weight is 314 g/mol. The predicted octanol–water partition coefficient (Wildman–Crippen LogP) is 4.93. The first-order chi connectivity index (χ1) is 11.8. The van der Waals surface area contributed by atoms with Crippen molar-refractivity contribution in [2.24, 2.45) is 0 Å². The Morgan fingerprint density at radius 2 is 2.00 bits per heavy atom. The number of hydrogen-bond donors (Lipinski definition) is 0. The predicted molar refractivity (Wildman–Crippen MR) is 99.6 cm³/mol. The molecule has 2 aromatic rings. The molecule has 0 atom stereocenters. The van der Waals surface area contributed by atoms with Crippen LogP contribution in [0.25, 0.3) is 22.2 Å². The van der Waals surface area contributed by atoms with E-state index in [1.54, 1.807) is 24.3 Å². The van der Waals surface area contributed by atoms with E-state index in [0.717, 1.165) is 47.2 Å². The summed E-state index contributed by atoms with van der Waals surface area (Å²) in [4.78, 5) is 20.6. The molecule has 0 amide bonds. The molecular weight excluding hydrogens is 296 g/mol. The minimum absolute atomic E-state index is 0.592. The minimum Gasteiger partial charge on any atom is -0.298 e. The summed E-state index contributed by atoms with van der Waals surface area (Å²) in [5, 5.41) is 0. The fourth-order valence-electron chi connectivity index (χ4n) is 2.71. The van der Waals surface area contributed by atoms with E-state index in [0.29, 0.717) is 11.1 Å². The molecule has 0 bridgehead atoms. The van der Waals surface area contributed by atoms with E-state index in [4.69, 9.17) is 9.97 Å². The van der Waals surface area contributed by atoms with Gasteiger partial charge >= 0.3 is 0 Å². The lowest BCUT2D eigenvalue weighted by molar-refractivity contribution is 0.112. The summed E-state index contributed by atoms with van der Waals surface area (Å²) in [6, 6.07) is 5.33. The van der Waals surface area contributed by atoms with Gasteiger partial charge < -0.3 is 0 Å². The van der Waals surface area contributed by atoms with Crippen molar-refractivity contribution >= 4 is 28.5 Å². The molecule has 1 aromatic carbocycles. The average Bonchev–Trinajstić information content (AvgIpc) is 2.65. The quantitative estimate of drug-likeness (QED) is 0.580. The van der Waals surface area contributed by atoms with Crippen LogP contribution in [0.3, 0.4) is 0 Å². The normalized spacial score (nSPS) is 14.3. The Balaban J connectivity index is 2.30. The Morgan fingerprint density at radius 1 is 1.12 bits per heavy atom. The fraction of sp³-hybridized carbons (Fsp3) is 0.0952. The van der Waals surface area contributed by atoms with Crippen molar-refractivity contribution in [3.8, 4) is 0 Å². The van der Waals surface area contributed by atoms with E-state index < -0.39 is 0 Å². The van der Waals surface area contributed by atoms with Gasteiger partial charge in [-0.15, -0.1) is 0 Å². The maximum atomic E-state index is 11.0. The van der Waals surface area contributed by atoms with E-state index in [1.165, 1.54) is 0 Å². The molecule has 0 saturated carbocycles.